The van der Waals surface area contributed by atoms with Crippen LogP contribution in [0.25, 0.3) is 11.4 Å². The molecule has 3 aromatic rings. The number of aromatic nitrogens is 3. The van der Waals surface area contributed by atoms with Crippen molar-refractivity contribution in [1.82, 2.24) is 15.0 Å². The van der Waals surface area contributed by atoms with Crippen LogP contribution in [0.1, 0.15) is 6.92 Å². The first kappa shape index (κ1) is 18.2. The monoisotopic (exact) mass is 417 g/mol. The summed E-state index contributed by atoms with van der Waals surface area (Å²) in [4.78, 5) is 13.1. The van der Waals surface area contributed by atoms with E-state index in [2.05, 4.69) is 41.5 Å². The summed E-state index contributed by atoms with van der Waals surface area (Å²) in [5, 5.41) is 15.2. The number of aliphatic hydroxyl groups excluding tert-OH is 1. The largest absolute Gasteiger partial charge is 0.394 e. The number of rotatable bonds is 6. The molecule has 26 heavy (non-hydrogen) atoms. The van der Waals surface area contributed by atoms with E-state index in [0.717, 1.165) is 0 Å². The number of aliphatic hydroxyl groups is 1. The molecular formula is C18H17BrFN5O. The van der Waals surface area contributed by atoms with Crippen LogP contribution in [0.2, 0.25) is 0 Å². The van der Waals surface area contributed by atoms with Crippen LogP contribution >= 0.6 is 15.9 Å². The first-order chi connectivity index (χ1) is 12.5. The minimum absolute atomic E-state index is 0.0682. The fraction of sp³-hybridized carbons (Fsp3) is 0.167. The van der Waals surface area contributed by atoms with Crippen molar-refractivity contribution in [3.05, 3.63) is 59.0 Å². The maximum atomic E-state index is 14.1. The molecule has 2 heterocycles. The molecule has 1 aromatic carbocycles. The summed E-state index contributed by atoms with van der Waals surface area (Å²) in [5.74, 6) is 0.319. The molecule has 2 aromatic heterocycles. The van der Waals surface area contributed by atoms with Crippen LogP contribution in [0.15, 0.2) is 53.1 Å². The molecule has 0 amide bonds. The Balaban J connectivity index is 1.98. The minimum Gasteiger partial charge on any atom is -0.394 e. The highest BCUT2D eigenvalue weighted by molar-refractivity contribution is 9.10. The van der Waals surface area contributed by atoms with Gasteiger partial charge in [-0.2, -0.15) is 4.98 Å². The van der Waals surface area contributed by atoms with Gasteiger partial charge in [-0.1, -0.05) is 22.0 Å². The zero-order valence-electron chi connectivity index (χ0n) is 13.9. The Morgan fingerprint density at radius 1 is 1.15 bits per heavy atom. The third-order valence-corrected chi connectivity index (χ3v) is 3.99. The van der Waals surface area contributed by atoms with Gasteiger partial charge in [-0.25, -0.2) is 9.37 Å². The smallest absolute Gasteiger partial charge is 0.225 e. The lowest BCUT2D eigenvalue weighted by molar-refractivity contribution is 0.281. The number of anilines is 3. The van der Waals surface area contributed by atoms with Crippen molar-refractivity contribution in [2.45, 2.75) is 13.0 Å². The Morgan fingerprint density at radius 3 is 2.69 bits per heavy atom. The molecule has 6 nitrogen and oxygen atoms in total. The minimum atomic E-state index is -0.407. The lowest BCUT2D eigenvalue weighted by Crippen LogP contribution is -2.21. The number of nitrogens with one attached hydrogen (secondary N) is 2. The highest BCUT2D eigenvalue weighted by Gasteiger charge is 2.11. The summed E-state index contributed by atoms with van der Waals surface area (Å²) in [5.41, 5.74) is 1.53. The Hall–Kier alpha value is -2.58. The van der Waals surface area contributed by atoms with Gasteiger partial charge in [0.1, 0.15) is 11.6 Å². The molecule has 3 N–H and O–H groups in total. The molecule has 0 aliphatic carbocycles. The second-order valence-corrected chi connectivity index (χ2v) is 6.57. The standard InChI is InChI=1S/C18H17BrFN5O/c1-11(10-26)22-18-24-16(15-4-2-3-7-21-15)9-17(25-18)23-14-6-5-12(19)8-13(14)20/h2-9,11,26H,10H2,1H3,(H2,22,23,24,25)/t11-/m1/s1. The fourth-order valence-corrected chi connectivity index (χ4v) is 2.55. The predicted molar refractivity (Wildman–Crippen MR) is 103 cm³/mol. The van der Waals surface area contributed by atoms with E-state index in [1.165, 1.54) is 6.07 Å². The quantitative estimate of drug-likeness (QED) is 0.562. The molecule has 0 unspecified atom stereocenters. The summed E-state index contributed by atoms with van der Waals surface area (Å²) in [6.07, 6.45) is 1.67. The molecule has 0 aliphatic heterocycles. The third kappa shape index (κ3) is 4.53. The molecule has 0 spiro atoms. The topological polar surface area (TPSA) is 83.0 Å². The van der Waals surface area contributed by atoms with E-state index < -0.39 is 5.82 Å². The van der Waals surface area contributed by atoms with Gasteiger partial charge in [0.05, 0.1) is 23.7 Å². The highest BCUT2D eigenvalue weighted by Crippen LogP contribution is 2.25. The average molecular weight is 418 g/mol. The van der Waals surface area contributed by atoms with Gasteiger partial charge in [-0.05, 0) is 37.3 Å². The maximum absolute atomic E-state index is 14.1. The highest BCUT2D eigenvalue weighted by atomic mass is 79.9. The van der Waals surface area contributed by atoms with Gasteiger partial charge in [0.25, 0.3) is 0 Å². The molecule has 134 valence electrons. The van der Waals surface area contributed by atoms with E-state index in [4.69, 9.17) is 0 Å². The molecule has 0 saturated carbocycles. The molecule has 0 aliphatic rings. The van der Waals surface area contributed by atoms with Gasteiger partial charge in [0.2, 0.25) is 5.95 Å². The zero-order chi connectivity index (χ0) is 18.5. The molecule has 0 fully saturated rings. The van der Waals surface area contributed by atoms with Crippen molar-refractivity contribution in [2.24, 2.45) is 0 Å². The van der Waals surface area contributed by atoms with E-state index in [1.807, 2.05) is 18.2 Å². The molecule has 8 heteroatoms. The fourth-order valence-electron chi connectivity index (χ4n) is 2.22. The number of pyridine rings is 1. The number of hydrogen-bond acceptors (Lipinski definition) is 6. The van der Waals surface area contributed by atoms with Crippen molar-refractivity contribution >= 4 is 33.4 Å². The van der Waals surface area contributed by atoms with Gasteiger partial charge < -0.3 is 15.7 Å². The molecule has 0 radical (unpaired) electrons. The number of benzene rings is 1. The molecule has 0 saturated heterocycles. The van der Waals surface area contributed by atoms with Gasteiger partial charge in [0, 0.05) is 22.8 Å². The van der Waals surface area contributed by atoms with Crippen molar-refractivity contribution in [3.63, 3.8) is 0 Å². The Bertz CT molecular complexity index is 894. The average Bonchev–Trinajstić information content (AvgIpc) is 2.64. The van der Waals surface area contributed by atoms with Crippen molar-refractivity contribution < 1.29 is 9.50 Å². The Kier molecular flexibility index (Phi) is 5.75. The summed E-state index contributed by atoms with van der Waals surface area (Å²) < 4.78 is 14.8. The predicted octanol–water partition coefficient (Wildman–Crippen LogP) is 3.98. The maximum Gasteiger partial charge on any atom is 0.225 e. The van der Waals surface area contributed by atoms with Gasteiger partial charge >= 0.3 is 0 Å². The Labute approximate surface area is 158 Å². The van der Waals surface area contributed by atoms with Gasteiger partial charge in [-0.15, -0.1) is 0 Å². The van der Waals surface area contributed by atoms with Crippen LogP contribution in [-0.4, -0.2) is 32.7 Å². The molecular weight excluding hydrogens is 401 g/mol. The van der Waals surface area contributed by atoms with Crippen molar-refractivity contribution in [1.29, 1.82) is 0 Å². The van der Waals surface area contributed by atoms with Crippen LogP contribution in [0.4, 0.5) is 21.8 Å². The molecule has 3 rings (SSSR count). The lowest BCUT2D eigenvalue weighted by atomic mass is 10.2. The number of hydrogen-bond donors (Lipinski definition) is 3. The van der Waals surface area contributed by atoms with Crippen molar-refractivity contribution in [2.75, 3.05) is 17.2 Å². The van der Waals surface area contributed by atoms with Crippen LogP contribution in [0.3, 0.4) is 0 Å². The zero-order valence-corrected chi connectivity index (χ0v) is 15.5. The Morgan fingerprint density at radius 2 is 2.00 bits per heavy atom. The van der Waals surface area contributed by atoms with E-state index in [1.54, 1.807) is 31.3 Å². The normalized spacial score (nSPS) is 11.8. The van der Waals surface area contributed by atoms with E-state index in [-0.39, 0.29) is 12.6 Å². The van der Waals surface area contributed by atoms with Crippen LogP contribution < -0.4 is 10.6 Å². The first-order valence-electron chi connectivity index (χ1n) is 7.95. The van der Waals surface area contributed by atoms with Crippen LogP contribution in [-0.2, 0) is 0 Å². The van der Waals surface area contributed by atoms with E-state index in [9.17, 15) is 9.50 Å². The lowest BCUT2D eigenvalue weighted by Gasteiger charge is -2.14. The summed E-state index contributed by atoms with van der Waals surface area (Å²) in [7, 11) is 0. The molecule has 0 bridgehead atoms. The number of halogens is 2. The third-order valence-electron chi connectivity index (χ3n) is 3.50. The number of nitrogens with zero attached hydrogens (tertiary/aromatic N) is 3. The summed E-state index contributed by atoms with van der Waals surface area (Å²) in [6, 6.07) is 11.7. The SMILES string of the molecule is C[C@H](CO)Nc1nc(Nc2ccc(Br)cc2F)cc(-c2ccccn2)n1. The van der Waals surface area contributed by atoms with Crippen molar-refractivity contribution in [3.8, 4) is 11.4 Å². The van der Waals surface area contributed by atoms with E-state index in [0.29, 0.717) is 33.3 Å². The summed E-state index contributed by atoms with van der Waals surface area (Å²) >= 11 is 3.24. The molecule has 1 atom stereocenters. The first-order valence-corrected chi connectivity index (χ1v) is 8.74. The second-order valence-electron chi connectivity index (χ2n) is 5.65. The summed E-state index contributed by atoms with van der Waals surface area (Å²) in [6.45, 7) is 1.74. The van der Waals surface area contributed by atoms with Gasteiger partial charge in [0.15, 0.2) is 0 Å². The van der Waals surface area contributed by atoms with E-state index >= 15 is 0 Å². The second kappa shape index (κ2) is 8.20. The van der Waals surface area contributed by atoms with Crippen LogP contribution in [0, 0.1) is 5.82 Å². The van der Waals surface area contributed by atoms with Crippen LogP contribution in [0.5, 0.6) is 0 Å². The van der Waals surface area contributed by atoms with Gasteiger partial charge in [-0.3, -0.25) is 4.98 Å².